The Hall–Kier alpha value is -1.85. The van der Waals surface area contributed by atoms with E-state index in [0.29, 0.717) is 18.8 Å². The second-order valence-corrected chi connectivity index (χ2v) is 7.39. The highest BCUT2D eigenvalue weighted by Crippen LogP contribution is 2.25. The highest BCUT2D eigenvalue weighted by Gasteiger charge is 2.47. The van der Waals surface area contributed by atoms with Crippen LogP contribution in [0.4, 0.5) is 4.79 Å². The molecule has 0 radical (unpaired) electrons. The molecule has 2 aliphatic heterocycles. The summed E-state index contributed by atoms with van der Waals surface area (Å²) in [7, 11) is 0. The number of aliphatic hydroxyl groups is 3. The molecule has 26 heavy (non-hydrogen) atoms. The molecule has 0 spiro atoms. The molecule has 0 aliphatic carbocycles. The van der Waals surface area contributed by atoms with Crippen LogP contribution in [0.2, 0.25) is 0 Å². The first-order valence-electron chi connectivity index (χ1n) is 8.07. The normalized spacial score (nSPS) is 16.4. The van der Waals surface area contributed by atoms with Gasteiger partial charge in [-0.3, -0.25) is 0 Å². The minimum Gasteiger partial charge on any atom is -0.486 e. The Balaban J connectivity index is 0.00000243. The van der Waals surface area contributed by atoms with E-state index < -0.39 is 18.7 Å². The van der Waals surface area contributed by atoms with Crippen molar-refractivity contribution in [2.75, 3.05) is 13.1 Å². The number of carbonyl (C=O) groups excluding carboxylic acids is 1. The van der Waals surface area contributed by atoms with Gasteiger partial charge >= 0.3 is 19.2 Å². The zero-order valence-electron chi connectivity index (χ0n) is 15.1. The number of benzene rings is 1. The Morgan fingerprint density at radius 1 is 1.23 bits per heavy atom. The molecule has 1 fully saturated rings. The third-order valence-electron chi connectivity index (χ3n) is 4.03. The predicted molar refractivity (Wildman–Crippen MR) is 92.5 cm³/mol. The summed E-state index contributed by atoms with van der Waals surface area (Å²) in [5.41, 5.74) is 1.82. The monoisotopic (exact) mass is 369 g/mol. The quantitative estimate of drug-likeness (QED) is 0.420. The van der Waals surface area contributed by atoms with E-state index in [1.54, 1.807) is 17.0 Å². The van der Waals surface area contributed by atoms with E-state index in [2.05, 4.69) is 0 Å². The van der Waals surface area contributed by atoms with Gasteiger partial charge in [-0.15, -0.1) is 0 Å². The number of ether oxygens (including phenoxy) is 2. The van der Waals surface area contributed by atoms with Gasteiger partial charge in [0.2, 0.25) is 0 Å². The van der Waals surface area contributed by atoms with E-state index in [1.807, 2.05) is 27.7 Å². The average molecular weight is 369 g/mol. The van der Waals surface area contributed by atoms with Crippen molar-refractivity contribution in [1.29, 1.82) is 0 Å². The Labute approximate surface area is 151 Å². The lowest BCUT2D eigenvalue weighted by Crippen LogP contribution is -2.57. The molecule has 3 rings (SSSR count). The van der Waals surface area contributed by atoms with Crippen LogP contribution < -0.4 is 15.7 Å². The summed E-state index contributed by atoms with van der Waals surface area (Å²) < 4.78 is 15.9. The number of fused-ring (bicyclic) bond motifs is 1. The number of nitrogens with zero attached hydrogens (tertiary/aromatic N) is 1. The van der Waals surface area contributed by atoms with Crippen molar-refractivity contribution in [2.24, 2.45) is 0 Å². The molecular formula is C16H24BNO8. The van der Waals surface area contributed by atoms with Gasteiger partial charge in [0, 0.05) is 0 Å². The van der Waals surface area contributed by atoms with E-state index in [1.165, 1.54) is 0 Å². The molecule has 0 aromatic heterocycles. The maximum Gasteiger partial charge on any atom is 0.410 e. The maximum absolute atomic E-state index is 11.9. The summed E-state index contributed by atoms with van der Waals surface area (Å²) in [6.45, 7) is 7.51. The molecule has 1 amide bonds. The predicted octanol–water partition coefficient (Wildman–Crippen LogP) is -1.81. The van der Waals surface area contributed by atoms with Crippen LogP contribution in [0.15, 0.2) is 12.1 Å². The highest BCUT2D eigenvalue weighted by atomic mass is 16.9. The van der Waals surface area contributed by atoms with Gasteiger partial charge in [0.15, 0.2) is 0 Å². The molecule has 144 valence electrons. The number of amides is 1. The van der Waals surface area contributed by atoms with Crippen LogP contribution in [0, 0.1) is 6.92 Å². The van der Waals surface area contributed by atoms with Crippen LogP contribution in [0.3, 0.4) is 0 Å². The van der Waals surface area contributed by atoms with Crippen LogP contribution in [-0.2, 0) is 9.39 Å². The zero-order chi connectivity index (χ0) is 18.6. The Morgan fingerprint density at radius 2 is 1.85 bits per heavy atom. The molecular weight excluding hydrogens is 345 g/mol. The van der Waals surface area contributed by atoms with Gasteiger partial charge in [-0.1, -0.05) is 6.07 Å². The van der Waals surface area contributed by atoms with Crippen molar-refractivity contribution in [2.45, 2.75) is 45.6 Å². The van der Waals surface area contributed by atoms with Crippen molar-refractivity contribution >= 4 is 23.9 Å². The minimum absolute atomic E-state index is 0. The molecule has 1 aromatic rings. The topological polar surface area (TPSA) is 140 Å². The van der Waals surface area contributed by atoms with Gasteiger partial charge < -0.3 is 39.8 Å². The largest absolute Gasteiger partial charge is 0.486 e. The van der Waals surface area contributed by atoms with Crippen molar-refractivity contribution < 1.29 is 39.7 Å². The molecule has 9 nitrogen and oxygen atoms in total. The summed E-state index contributed by atoms with van der Waals surface area (Å²) in [5, 5.41) is 26.8. The lowest BCUT2D eigenvalue weighted by atomic mass is 9.85. The van der Waals surface area contributed by atoms with Crippen LogP contribution in [0.25, 0.3) is 0 Å². The standard InChI is InChI=1S/C16H22BNO7.H2O/c1-9-12(6-5-11-13(9)17(11)25-16(20,21)22)23-10-7-18(8-10)14(19)24-15(2,3)4;/h5-6,10,20-22H,7-8H2,1-4H3;1H2. The minimum atomic E-state index is -3.17. The first kappa shape index (κ1) is 20.5. The number of hydrogen-bond donors (Lipinski definition) is 3. The third-order valence-corrected chi connectivity index (χ3v) is 4.03. The first-order chi connectivity index (χ1) is 11.4. The van der Waals surface area contributed by atoms with Gasteiger partial charge in [-0.05, 0) is 50.3 Å². The molecule has 1 aromatic carbocycles. The molecule has 5 N–H and O–H groups in total. The average Bonchev–Trinajstić information content (AvgIpc) is 3.04. The second-order valence-electron chi connectivity index (χ2n) is 7.39. The number of hydrogen-bond acceptors (Lipinski definition) is 7. The van der Waals surface area contributed by atoms with Crippen LogP contribution in [0.1, 0.15) is 26.3 Å². The van der Waals surface area contributed by atoms with E-state index >= 15 is 0 Å². The molecule has 10 heteroatoms. The zero-order valence-corrected chi connectivity index (χ0v) is 15.1. The summed E-state index contributed by atoms with van der Waals surface area (Å²) >= 11 is 0. The molecule has 2 aliphatic rings. The van der Waals surface area contributed by atoms with Crippen LogP contribution in [0.5, 0.6) is 5.75 Å². The van der Waals surface area contributed by atoms with Crippen molar-refractivity contribution in [3.8, 4) is 5.75 Å². The van der Waals surface area contributed by atoms with Gasteiger partial charge in [-0.25, -0.2) is 4.79 Å². The van der Waals surface area contributed by atoms with Gasteiger partial charge in [0.05, 0.1) is 13.1 Å². The summed E-state index contributed by atoms with van der Waals surface area (Å²) in [6.07, 6.45) is -3.66. The maximum atomic E-state index is 11.9. The van der Waals surface area contributed by atoms with Gasteiger partial charge in [0.25, 0.3) is 0 Å². The SMILES string of the molecule is Cc1c(OC2CN(C(=O)OC(C)(C)C)C2)ccc2c1B2OC(O)(O)O.O. The fourth-order valence-electron chi connectivity index (χ4n) is 2.81. The molecule has 0 atom stereocenters. The van der Waals surface area contributed by atoms with Gasteiger partial charge in [-0.2, -0.15) is 0 Å². The van der Waals surface area contributed by atoms with Crippen LogP contribution >= 0.6 is 0 Å². The fraction of sp³-hybridized carbons (Fsp3) is 0.562. The second kappa shape index (κ2) is 6.71. The molecule has 0 unspecified atom stereocenters. The molecule has 0 bridgehead atoms. The van der Waals surface area contributed by atoms with E-state index in [9.17, 15) is 4.79 Å². The number of rotatable bonds is 4. The summed E-state index contributed by atoms with van der Waals surface area (Å²) in [6, 6.07) is 3.51. The van der Waals surface area contributed by atoms with Crippen molar-refractivity contribution in [3.05, 3.63) is 17.7 Å². The molecule has 2 heterocycles. The fourth-order valence-corrected chi connectivity index (χ4v) is 2.81. The van der Waals surface area contributed by atoms with E-state index in [4.69, 9.17) is 29.4 Å². The van der Waals surface area contributed by atoms with Crippen molar-refractivity contribution in [1.82, 2.24) is 4.90 Å². The number of likely N-dealkylation sites (tertiary alicyclic amines) is 1. The number of carbonyl (C=O) groups is 1. The highest BCUT2D eigenvalue weighted by molar-refractivity contribution is 6.98. The summed E-state index contributed by atoms with van der Waals surface area (Å²) in [5.74, 6) is 0.637. The third kappa shape index (κ3) is 4.46. The first-order valence-corrected chi connectivity index (χ1v) is 8.07. The Kier molecular flexibility index (Phi) is 5.28. The van der Waals surface area contributed by atoms with Crippen LogP contribution in [-0.4, -0.2) is 69.7 Å². The Bertz CT molecular complexity index is 691. The Morgan fingerprint density at radius 3 is 2.38 bits per heavy atom. The van der Waals surface area contributed by atoms with Crippen molar-refractivity contribution in [3.63, 3.8) is 0 Å². The molecule has 0 saturated carbocycles. The van der Waals surface area contributed by atoms with E-state index in [-0.39, 0.29) is 17.7 Å². The summed E-state index contributed by atoms with van der Waals surface area (Å²) in [4.78, 5) is 13.5. The lowest BCUT2D eigenvalue weighted by Gasteiger charge is -2.39. The smallest absolute Gasteiger partial charge is 0.410 e. The molecule has 1 saturated heterocycles. The van der Waals surface area contributed by atoms with Gasteiger partial charge in [0.1, 0.15) is 17.5 Å². The van der Waals surface area contributed by atoms with E-state index in [0.717, 1.165) is 16.5 Å². The lowest BCUT2D eigenvalue weighted by molar-refractivity contribution is -0.421.